The first-order valence-corrected chi connectivity index (χ1v) is 5.72. The molecule has 4 nitrogen and oxygen atoms in total. The summed E-state index contributed by atoms with van der Waals surface area (Å²) >= 11 is 0. The molecule has 1 aromatic carbocycles. The highest BCUT2D eigenvalue weighted by atomic mass is 19.1. The first-order chi connectivity index (χ1) is 9.06. The van der Waals surface area contributed by atoms with Crippen molar-refractivity contribution in [3.05, 3.63) is 58.8 Å². The molecular formula is C14H13FN2O2. The van der Waals surface area contributed by atoms with Gasteiger partial charge < -0.3 is 4.42 Å². The topological polar surface area (TPSA) is 54.6 Å². The molecule has 0 saturated heterocycles. The molecule has 0 saturated carbocycles. The van der Waals surface area contributed by atoms with Crippen LogP contribution in [0.4, 0.5) is 4.39 Å². The summed E-state index contributed by atoms with van der Waals surface area (Å²) in [5.41, 5.74) is 3.52. The van der Waals surface area contributed by atoms with Gasteiger partial charge in [-0.2, -0.15) is 5.10 Å². The summed E-state index contributed by atoms with van der Waals surface area (Å²) in [6.45, 7) is 3.65. The van der Waals surface area contributed by atoms with E-state index in [-0.39, 0.29) is 5.82 Å². The number of halogens is 1. The van der Waals surface area contributed by atoms with E-state index in [2.05, 4.69) is 10.5 Å². The number of rotatable bonds is 3. The quantitative estimate of drug-likeness (QED) is 0.681. The monoisotopic (exact) mass is 260 g/mol. The molecule has 1 aromatic heterocycles. The first-order valence-electron chi connectivity index (χ1n) is 5.72. The number of carbonyl (C=O) groups excluding carboxylic acids is 1. The minimum atomic E-state index is -0.394. The molecule has 1 N–H and O–H groups in total. The van der Waals surface area contributed by atoms with E-state index < -0.39 is 5.91 Å². The van der Waals surface area contributed by atoms with Gasteiger partial charge in [0.05, 0.1) is 6.21 Å². The van der Waals surface area contributed by atoms with Crippen molar-refractivity contribution >= 4 is 12.1 Å². The molecule has 5 heteroatoms. The first kappa shape index (κ1) is 13.0. The van der Waals surface area contributed by atoms with Crippen LogP contribution in [0.2, 0.25) is 0 Å². The molecule has 0 radical (unpaired) electrons. The lowest BCUT2D eigenvalue weighted by Gasteiger charge is -1.98. The van der Waals surface area contributed by atoms with Gasteiger partial charge in [-0.3, -0.25) is 4.79 Å². The fourth-order valence-electron chi connectivity index (χ4n) is 1.60. The minimum Gasteiger partial charge on any atom is -0.466 e. The van der Waals surface area contributed by atoms with Crippen molar-refractivity contribution in [2.45, 2.75) is 13.8 Å². The Bertz CT molecular complexity index is 615. The number of aryl methyl sites for hydroxylation is 2. The Morgan fingerprint density at radius 3 is 2.58 bits per heavy atom. The molecule has 0 fully saturated rings. The molecule has 0 aliphatic heterocycles. The number of carbonyl (C=O) groups is 1. The number of amides is 1. The summed E-state index contributed by atoms with van der Waals surface area (Å²) in [5, 5.41) is 3.84. The van der Waals surface area contributed by atoms with Crippen LogP contribution in [-0.4, -0.2) is 12.1 Å². The molecule has 0 spiro atoms. The van der Waals surface area contributed by atoms with Gasteiger partial charge in [0.15, 0.2) is 0 Å². The number of hydrazone groups is 1. The van der Waals surface area contributed by atoms with Crippen LogP contribution in [0.15, 0.2) is 39.9 Å². The molecule has 2 aromatic rings. The van der Waals surface area contributed by atoms with Crippen LogP contribution in [0, 0.1) is 19.7 Å². The van der Waals surface area contributed by atoms with Gasteiger partial charge in [-0.05, 0) is 44.2 Å². The lowest BCUT2D eigenvalue weighted by molar-refractivity contribution is 0.0955. The van der Waals surface area contributed by atoms with Crippen molar-refractivity contribution in [3.63, 3.8) is 0 Å². The summed E-state index contributed by atoms with van der Waals surface area (Å²) in [6.07, 6.45) is 1.51. The minimum absolute atomic E-state index is 0.346. The van der Waals surface area contributed by atoms with E-state index in [1.807, 2.05) is 19.9 Å². The summed E-state index contributed by atoms with van der Waals surface area (Å²) in [7, 11) is 0. The fraction of sp³-hybridized carbons (Fsp3) is 0.143. The Morgan fingerprint density at radius 2 is 2.00 bits per heavy atom. The average molecular weight is 260 g/mol. The van der Waals surface area contributed by atoms with Crippen LogP contribution >= 0.6 is 0 Å². The largest absolute Gasteiger partial charge is 0.466 e. The van der Waals surface area contributed by atoms with E-state index in [1.165, 1.54) is 30.5 Å². The lowest BCUT2D eigenvalue weighted by atomic mass is 10.2. The summed E-state index contributed by atoms with van der Waals surface area (Å²) in [4.78, 5) is 11.7. The molecule has 0 bridgehead atoms. The molecule has 1 heterocycles. The third-order valence-electron chi connectivity index (χ3n) is 2.56. The van der Waals surface area contributed by atoms with Crippen LogP contribution in [-0.2, 0) is 0 Å². The number of furan rings is 1. The van der Waals surface area contributed by atoms with E-state index >= 15 is 0 Å². The summed E-state index contributed by atoms with van der Waals surface area (Å²) in [6, 6.07) is 7.06. The van der Waals surface area contributed by atoms with E-state index in [9.17, 15) is 9.18 Å². The smallest absolute Gasteiger partial charge is 0.271 e. The van der Waals surface area contributed by atoms with Crippen molar-refractivity contribution in [2.75, 3.05) is 0 Å². The standard InChI is InChI=1S/C14H13FN2O2/c1-9-7-12(10(2)19-9)8-16-17-14(18)11-3-5-13(15)6-4-11/h3-8H,1-2H3,(H,17,18)/b16-8+. The second kappa shape index (κ2) is 5.48. The van der Waals surface area contributed by atoms with Gasteiger partial charge in [-0.25, -0.2) is 9.82 Å². The maximum atomic E-state index is 12.7. The molecule has 0 atom stereocenters. The zero-order chi connectivity index (χ0) is 13.8. The summed E-state index contributed by atoms with van der Waals surface area (Å²) in [5.74, 6) is 0.736. The highest BCUT2D eigenvalue weighted by Gasteiger charge is 2.04. The molecule has 0 aliphatic carbocycles. The van der Waals surface area contributed by atoms with Crippen LogP contribution in [0.1, 0.15) is 27.4 Å². The van der Waals surface area contributed by atoms with Gasteiger partial charge in [-0.1, -0.05) is 0 Å². The highest BCUT2D eigenvalue weighted by molar-refractivity contribution is 5.94. The number of hydrogen-bond donors (Lipinski definition) is 1. The second-order valence-corrected chi connectivity index (χ2v) is 4.07. The predicted molar refractivity (Wildman–Crippen MR) is 69.6 cm³/mol. The Kier molecular flexibility index (Phi) is 3.75. The van der Waals surface area contributed by atoms with Gasteiger partial charge >= 0.3 is 0 Å². The van der Waals surface area contributed by atoms with Crippen molar-refractivity contribution in [3.8, 4) is 0 Å². The lowest BCUT2D eigenvalue weighted by Crippen LogP contribution is -2.17. The fourth-order valence-corrected chi connectivity index (χ4v) is 1.60. The second-order valence-electron chi connectivity index (χ2n) is 4.07. The summed E-state index contributed by atoms with van der Waals surface area (Å²) < 4.78 is 18.0. The predicted octanol–water partition coefficient (Wildman–Crippen LogP) is 2.80. The number of benzene rings is 1. The van der Waals surface area contributed by atoms with Gasteiger partial charge in [0, 0.05) is 11.1 Å². The van der Waals surface area contributed by atoms with Crippen LogP contribution in [0.3, 0.4) is 0 Å². The maximum absolute atomic E-state index is 12.7. The Balaban J connectivity index is 2.00. The molecular weight excluding hydrogens is 247 g/mol. The van der Waals surface area contributed by atoms with E-state index in [4.69, 9.17) is 4.42 Å². The average Bonchev–Trinajstić information content (AvgIpc) is 2.68. The molecule has 19 heavy (non-hydrogen) atoms. The van der Waals surface area contributed by atoms with E-state index in [0.29, 0.717) is 5.56 Å². The molecule has 2 rings (SSSR count). The zero-order valence-corrected chi connectivity index (χ0v) is 10.6. The van der Waals surface area contributed by atoms with E-state index in [1.54, 1.807) is 0 Å². The van der Waals surface area contributed by atoms with Crippen molar-refractivity contribution in [2.24, 2.45) is 5.10 Å². The SMILES string of the molecule is Cc1cc(/C=N/NC(=O)c2ccc(F)cc2)c(C)o1. The van der Waals surface area contributed by atoms with E-state index in [0.717, 1.165) is 17.1 Å². The number of nitrogens with one attached hydrogen (secondary N) is 1. The normalized spacial score (nSPS) is 10.9. The van der Waals surface area contributed by atoms with Crippen LogP contribution < -0.4 is 5.43 Å². The third kappa shape index (κ3) is 3.28. The van der Waals surface area contributed by atoms with Gasteiger partial charge in [0.1, 0.15) is 17.3 Å². The van der Waals surface area contributed by atoms with Crippen molar-refractivity contribution in [1.82, 2.24) is 5.43 Å². The molecule has 0 unspecified atom stereocenters. The Labute approximate surface area is 109 Å². The van der Waals surface area contributed by atoms with Crippen LogP contribution in [0.25, 0.3) is 0 Å². The number of hydrogen-bond acceptors (Lipinski definition) is 3. The molecule has 1 amide bonds. The van der Waals surface area contributed by atoms with Gasteiger partial charge in [0.25, 0.3) is 5.91 Å². The molecule has 98 valence electrons. The zero-order valence-electron chi connectivity index (χ0n) is 10.6. The van der Waals surface area contributed by atoms with Crippen molar-refractivity contribution < 1.29 is 13.6 Å². The molecule has 0 aliphatic rings. The van der Waals surface area contributed by atoms with Gasteiger partial charge in [0.2, 0.25) is 0 Å². The van der Waals surface area contributed by atoms with Crippen LogP contribution in [0.5, 0.6) is 0 Å². The van der Waals surface area contributed by atoms with Crippen molar-refractivity contribution in [1.29, 1.82) is 0 Å². The Hall–Kier alpha value is -2.43. The maximum Gasteiger partial charge on any atom is 0.271 e. The highest BCUT2D eigenvalue weighted by Crippen LogP contribution is 2.10. The van der Waals surface area contributed by atoms with Gasteiger partial charge in [-0.15, -0.1) is 0 Å². The number of nitrogens with zero attached hydrogens (tertiary/aromatic N) is 1. The Morgan fingerprint density at radius 1 is 1.32 bits per heavy atom. The third-order valence-corrected chi connectivity index (χ3v) is 2.56.